The molecule has 0 aliphatic carbocycles. The number of nitrogens with one attached hydrogen (secondary N) is 1. The number of methoxy groups -OCH3 is 1. The number of nitrogens with zero attached hydrogens (tertiary/aromatic N) is 1. The molecule has 0 saturated carbocycles. The van der Waals surface area contributed by atoms with Crippen LogP contribution < -0.4 is 19.5 Å². The Morgan fingerprint density at radius 3 is 2.41 bits per heavy atom. The lowest BCUT2D eigenvalue weighted by Crippen LogP contribution is -2.40. The van der Waals surface area contributed by atoms with E-state index in [0.29, 0.717) is 56.5 Å². The van der Waals surface area contributed by atoms with E-state index in [2.05, 4.69) is 5.32 Å². The first-order valence-corrected chi connectivity index (χ1v) is 12.7. The van der Waals surface area contributed by atoms with E-state index in [-0.39, 0.29) is 23.3 Å². The molecule has 2 aromatic rings. The van der Waals surface area contributed by atoms with Gasteiger partial charge in [0.05, 0.1) is 43.6 Å². The summed E-state index contributed by atoms with van der Waals surface area (Å²) in [7, 11) is -2.11. The van der Waals surface area contributed by atoms with Crippen molar-refractivity contribution in [1.29, 1.82) is 0 Å². The van der Waals surface area contributed by atoms with E-state index in [1.165, 1.54) is 16.4 Å². The zero-order chi connectivity index (χ0) is 24.6. The fraction of sp³-hybridized carbons (Fsp3) is 0.458. The van der Waals surface area contributed by atoms with Crippen molar-refractivity contribution in [3.63, 3.8) is 0 Å². The molecule has 10 heteroatoms. The quantitative estimate of drug-likeness (QED) is 0.480. The Hall–Kier alpha value is -2.82. The topological polar surface area (TPSA) is 103 Å². The van der Waals surface area contributed by atoms with E-state index >= 15 is 0 Å². The molecule has 0 spiro atoms. The number of amides is 1. The highest BCUT2D eigenvalue weighted by atomic mass is 32.2. The maximum atomic E-state index is 13.0. The fourth-order valence-corrected chi connectivity index (χ4v) is 4.80. The lowest BCUT2D eigenvalue weighted by Gasteiger charge is -2.26. The van der Waals surface area contributed by atoms with Gasteiger partial charge in [-0.25, -0.2) is 8.42 Å². The molecule has 1 N–H and O–H groups in total. The molecule has 1 aliphatic rings. The summed E-state index contributed by atoms with van der Waals surface area (Å²) in [5.41, 5.74) is 0.323. The number of sulfonamides is 1. The first-order valence-electron chi connectivity index (χ1n) is 11.2. The molecular formula is C24H32N2O7S. The van der Waals surface area contributed by atoms with Crippen LogP contribution in [0.1, 0.15) is 26.7 Å². The van der Waals surface area contributed by atoms with E-state index in [1.807, 2.05) is 13.8 Å². The van der Waals surface area contributed by atoms with Gasteiger partial charge in [0.25, 0.3) is 0 Å². The third-order valence-electron chi connectivity index (χ3n) is 5.07. The summed E-state index contributed by atoms with van der Waals surface area (Å²) in [5, 5.41) is 2.80. The van der Waals surface area contributed by atoms with Crippen molar-refractivity contribution < 1.29 is 32.2 Å². The van der Waals surface area contributed by atoms with Crippen LogP contribution in [0.2, 0.25) is 0 Å². The molecule has 0 aromatic heterocycles. The number of benzene rings is 2. The smallest absolute Gasteiger partial charge is 0.243 e. The van der Waals surface area contributed by atoms with Gasteiger partial charge >= 0.3 is 0 Å². The number of ether oxygens (including phenoxy) is 4. The Morgan fingerprint density at radius 1 is 1.09 bits per heavy atom. The second-order valence-electron chi connectivity index (χ2n) is 8.02. The normalized spacial score (nSPS) is 14.6. The second kappa shape index (κ2) is 12.0. The van der Waals surface area contributed by atoms with Gasteiger partial charge in [0.15, 0.2) is 0 Å². The third-order valence-corrected chi connectivity index (χ3v) is 6.97. The van der Waals surface area contributed by atoms with Crippen LogP contribution in [0, 0.1) is 0 Å². The standard InChI is InChI=1S/C24H32N2O7S/c1-18(2)33-23-11-10-21(34(28,29)26-12-15-31-16-13-26)17-22(23)25-24(27)5-4-14-32-20-8-6-19(30-3)7-9-20/h6-11,17-18H,4-5,12-16H2,1-3H3,(H,25,27). The van der Waals surface area contributed by atoms with Gasteiger partial charge < -0.3 is 24.3 Å². The molecule has 0 unspecified atom stereocenters. The number of hydrogen-bond donors (Lipinski definition) is 1. The lowest BCUT2D eigenvalue weighted by molar-refractivity contribution is -0.116. The van der Waals surface area contributed by atoms with Gasteiger partial charge in [-0.15, -0.1) is 0 Å². The molecular weight excluding hydrogens is 460 g/mol. The van der Waals surface area contributed by atoms with Gasteiger partial charge in [0.2, 0.25) is 15.9 Å². The first-order chi connectivity index (χ1) is 16.3. The van der Waals surface area contributed by atoms with Gasteiger partial charge in [-0.05, 0) is 62.7 Å². The number of carbonyl (C=O) groups is 1. The summed E-state index contributed by atoms with van der Waals surface area (Å²) in [5.74, 6) is 1.59. The summed E-state index contributed by atoms with van der Waals surface area (Å²) in [4.78, 5) is 12.7. The molecule has 0 bridgehead atoms. The third kappa shape index (κ3) is 7.09. The van der Waals surface area contributed by atoms with Crippen LogP contribution in [0.25, 0.3) is 0 Å². The van der Waals surface area contributed by atoms with Gasteiger partial charge in [-0.3, -0.25) is 4.79 Å². The highest BCUT2D eigenvalue weighted by Crippen LogP contribution is 2.30. The lowest BCUT2D eigenvalue weighted by atomic mass is 10.2. The van der Waals surface area contributed by atoms with E-state index in [4.69, 9.17) is 18.9 Å². The summed E-state index contributed by atoms with van der Waals surface area (Å²) in [6, 6.07) is 11.7. The molecule has 1 amide bonds. The summed E-state index contributed by atoms with van der Waals surface area (Å²) < 4.78 is 49.3. The minimum atomic E-state index is -3.70. The number of hydrogen-bond acceptors (Lipinski definition) is 7. The van der Waals surface area contributed by atoms with Crippen LogP contribution in [0.15, 0.2) is 47.4 Å². The van der Waals surface area contributed by atoms with Crippen LogP contribution in [0.5, 0.6) is 17.2 Å². The zero-order valence-electron chi connectivity index (χ0n) is 19.8. The predicted octanol–water partition coefficient (Wildman–Crippen LogP) is 3.30. The van der Waals surface area contributed by atoms with Crippen molar-refractivity contribution in [3.05, 3.63) is 42.5 Å². The Labute approximate surface area is 201 Å². The van der Waals surface area contributed by atoms with Gasteiger partial charge in [-0.1, -0.05) is 0 Å². The monoisotopic (exact) mass is 492 g/mol. The minimum absolute atomic E-state index is 0.101. The maximum absolute atomic E-state index is 13.0. The second-order valence-corrected chi connectivity index (χ2v) is 9.95. The molecule has 1 saturated heterocycles. The van der Waals surface area contributed by atoms with Crippen molar-refractivity contribution in [1.82, 2.24) is 4.31 Å². The molecule has 2 aromatic carbocycles. The molecule has 1 aliphatic heterocycles. The zero-order valence-corrected chi connectivity index (χ0v) is 20.6. The minimum Gasteiger partial charge on any atom is -0.497 e. The van der Waals surface area contributed by atoms with Crippen LogP contribution in [0.4, 0.5) is 5.69 Å². The molecule has 0 radical (unpaired) electrons. The molecule has 1 fully saturated rings. The number of rotatable bonds is 11. The van der Waals surface area contributed by atoms with Crippen LogP contribution >= 0.6 is 0 Å². The van der Waals surface area contributed by atoms with Crippen LogP contribution in [-0.4, -0.2) is 64.8 Å². The number of anilines is 1. The van der Waals surface area contributed by atoms with E-state index in [9.17, 15) is 13.2 Å². The van der Waals surface area contributed by atoms with Crippen LogP contribution in [0.3, 0.4) is 0 Å². The van der Waals surface area contributed by atoms with E-state index < -0.39 is 10.0 Å². The first kappa shape index (κ1) is 25.8. The number of carbonyl (C=O) groups excluding carboxylic acids is 1. The van der Waals surface area contributed by atoms with E-state index in [0.717, 1.165) is 5.75 Å². The van der Waals surface area contributed by atoms with E-state index in [1.54, 1.807) is 37.4 Å². The molecule has 1 heterocycles. The Kier molecular flexibility index (Phi) is 9.14. The maximum Gasteiger partial charge on any atom is 0.243 e. The summed E-state index contributed by atoms with van der Waals surface area (Å²) in [6.45, 7) is 5.39. The molecule has 186 valence electrons. The average molecular weight is 493 g/mol. The Balaban J connectivity index is 1.63. The Morgan fingerprint density at radius 2 is 1.76 bits per heavy atom. The fourth-order valence-electron chi connectivity index (χ4n) is 3.37. The summed E-state index contributed by atoms with van der Waals surface area (Å²) >= 11 is 0. The van der Waals surface area contributed by atoms with Crippen molar-refractivity contribution >= 4 is 21.6 Å². The summed E-state index contributed by atoms with van der Waals surface area (Å²) in [6.07, 6.45) is 0.553. The predicted molar refractivity (Wildman–Crippen MR) is 128 cm³/mol. The van der Waals surface area contributed by atoms with Crippen molar-refractivity contribution in [2.75, 3.05) is 45.3 Å². The van der Waals surface area contributed by atoms with Crippen molar-refractivity contribution in [3.8, 4) is 17.2 Å². The molecule has 9 nitrogen and oxygen atoms in total. The largest absolute Gasteiger partial charge is 0.497 e. The van der Waals surface area contributed by atoms with Gasteiger partial charge in [-0.2, -0.15) is 4.31 Å². The SMILES string of the molecule is COc1ccc(OCCCC(=O)Nc2cc(S(=O)(=O)N3CCOCC3)ccc2OC(C)C)cc1. The Bertz CT molecular complexity index is 1050. The molecule has 34 heavy (non-hydrogen) atoms. The van der Waals surface area contributed by atoms with Crippen LogP contribution in [-0.2, 0) is 19.6 Å². The highest BCUT2D eigenvalue weighted by molar-refractivity contribution is 7.89. The van der Waals surface area contributed by atoms with Crippen molar-refractivity contribution in [2.45, 2.75) is 37.7 Å². The molecule has 3 rings (SSSR count). The van der Waals surface area contributed by atoms with Crippen molar-refractivity contribution in [2.24, 2.45) is 0 Å². The highest BCUT2D eigenvalue weighted by Gasteiger charge is 2.27. The number of morpholine rings is 1. The van der Waals surface area contributed by atoms with Gasteiger partial charge in [0, 0.05) is 19.5 Å². The molecule has 0 atom stereocenters. The van der Waals surface area contributed by atoms with Gasteiger partial charge in [0.1, 0.15) is 17.2 Å². The average Bonchev–Trinajstić information content (AvgIpc) is 2.83.